The molecule has 66 valence electrons. The average molecular weight is 182 g/mol. The van der Waals surface area contributed by atoms with E-state index in [4.69, 9.17) is 4.74 Å². The van der Waals surface area contributed by atoms with E-state index in [0.29, 0.717) is 6.10 Å². The number of rotatable bonds is 2. The van der Waals surface area contributed by atoms with Gasteiger partial charge in [0.25, 0.3) is 0 Å². The SMILES string of the molecule is CCc1ccc(C2CCCO2)s1. The minimum Gasteiger partial charge on any atom is -0.373 e. The molecule has 12 heavy (non-hydrogen) atoms. The van der Waals surface area contributed by atoms with Gasteiger partial charge in [-0.1, -0.05) is 6.92 Å². The van der Waals surface area contributed by atoms with Crippen molar-refractivity contribution in [2.75, 3.05) is 6.61 Å². The second-order valence-corrected chi connectivity index (χ2v) is 4.36. The number of hydrogen-bond donors (Lipinski definition) is 0. The van der Waals surface area contributed by atoms with Crippen molar-refractivity contribution in [3.05, 3.63) is 21.9 Å². The summed E-state index contributed by atoms with van der Waals surface area (Å²) in [7, 11) is 0. The Kier molecular flexibility index (Phi) is 2.47. The lowest BCUT2D eigenvalue weighted by Gasteiger charge is -2.04. The van der Waals surface area contributed by atoms with Gasteiger partial charge in [-0.3, -0.25) is 0 Å². The summed E-state index contributed by atoms with van der Waals surface area (Å²) in [6.45, 7) is 3.15. The van der Waals surface area contributed by atoms with Gasteiger partial charge in [-0.05, 0) is 31.4 Å². The van der Waals surface area contributed by atoms with Crippen molar-refractivity contribution < 1.29 is 4.74 Å². The first kappa shape index (κ1) is 8.27. The van der Waals surface area contributed by atoms with Crippen LogP contribution in [0.4, 0.5) is 0 Å². The first-order valence-corrected chi connectivity index (χ1v) is 5.42. The van der Waals surface area contributed by atoms with Gasteiger partial charge in [-0.2, -0.15) is 0 Å². The van der Waals surface area contributed by atoms with E-state index in [1.165, 1.54) is 22.6 Å². The fourth-order valence-corrected chi connectivity index (χ4v) is 2.60. The largest absolute Gasteiger partial charge is 0.373 e. The van der Waals surface area contributed by atoms with Crippen molar-refractivity contribution in [1.82, 2.24) is 0 Å². The van der Waals surface area contributed by atoms with E-state index >= 15 is 0 Å². The molecule has 0 aromatic carbocycles. The minimum atomic E-state index is 0.412. The Labute approximate surface area is 77.4 Å². The minimum absolute atomic E-state index is 0.412. The summed E-state index contributed by atoms with van der Waals surface area (Å²) < 4.78 is 5.61. The number of hydrogen-bond acceptors (Lipinski definition) is 2. The van der Waals surface area contributed by atoms with Gasteiger partial charge in [0.1, 0.15) is 0 Å². The van der Waals surface area contributed by atoms with Gasteiger partial charge in [0, 0.05) is 16.4 Å². The van der Waals surface area contributed by atoms with Crippen LogP contribution in [0.5, 0.6) is 0 Å². The lowest BCUT2D eigenvalue weighted by atomic mass is 10.2. The van der Waals surface area contributed by atoms with Crippen LogP contribution in [0, 0.1) is 0 Å². The maximum Gasteiger partial charge on any atom is 0.0917 e. The Balaban J connectivity index is 2.11. The highest BCUT2D eigenvalue weighted by atomic mass is 32.1. The number of aryl methyl sites for hydroxylation is 1. The summed E-state index contributed by atoms with van der Waals surface area (Å²) in [5.74, 6) is 0. The third kappa shape index (κ3) is 1.54. The molecular weight excluding hydrogens is 168 g/mol. The van der Waals surface area contributed by atoms with Crippen molar-refractivity contribution in [2.45, 2.75) is 32.3 Å². The van der Waals surface area contributed by atoms with Crippen molar-refractivity contribution in [3.8, 4) is 0 Å². The second-order valence-electron chi connectivity index (χ2n) is 3.16. The Hall–Kier alpha value is -0.340. The lowest BCUT2D eigenvalue weighted by molar-refractivity contribution is 0.114. The molecule has 1 nitrogen and oxygen atoms in total. The van der Waals surface area contributed by atoms with Crippen LogP contribution in [0.15, 0.2) is 12.1 Å². The predicted octanol–water partition coefficient (Wildman–Crippen LogP) is 3.16. The smallest absolute Gasteiger partial charge is 0.0917 e. The maximum atomic E-state index is 5.61. The molecule has 0 aliphatic carbocycles. The second kappa shape index (κ2) is 3.58. The lowest BCUT2D eigenvalue weighted by Crippen LogP contribution is -1.90. The Morgan fingerprint density at radius 1 is 1.58 bits per heavy atom. The molecule has 1 fully saturated rings. The van der Waals surface area contributed by atoms with Crippen molar-refractivity contribution in [2.24, 2.45) is 0 Å². The molecule has 1 aliphatic rings. The van der Waals surface area contributed by atoms with Crippen LogP contribution in [-0.4, -0.2) is 6.61 Å². The predicted molar refractivity (Wildman–Crippen MR) is 51.6 cm³/mol. The Morgan fingerprint density at radius 2 is 2.50 bits per heavy atom. The fourth-order valence-electron chi connectivity index (χ4n) is 1.56. The zero-order chi connectivity index (χ0) is 8.39. The van der Waals surface area contributed by atoms with Gasteiger partial charge in [0.05, 0.1) is 6.10 Å². The van der Waals surface area contributed by atoms with Crippen LogP contribution < -0.4 is 0 Å². The van der Waals surface area contributed by atoms with E-state index in [0.717, 1.165) is 13.0 Å². The standard InChI is InChI=1S/C10H14OS/c1-2-8-5-6-10(12-8)9-4-3-7-11-9/h5-6,9H,2-4,7H2,1H3. The van der Waals surface area contributed by atoms with Crippen LogP contribution in [0.2, 0.25) is 0 Å². The Bertz CT molecular complexity index is 248. The summed E-state index contributed by atoms with van der Waals surface area (Å²) in [6.07, 6.45) is 4.00. The van der Waals surface area contributed by atoms with Gasteiger partial charge in [0.15, 0.2) is 0 Å². The summed E-state index contributed by atoms with van der Waals surface area (Å²) >= 11 is 1.91. The number of thiophene rings is 1. The zero-order valence-corrected chi connectivity index (χ0v) is 8.19. The molecule has 2 rings (SSSR count). The van der Waals surface area contributed by atoms with Crippen LogP contribution in [0.1, 0.15) is 35.6 Å². The summed E-state index contributed by atoms with van der Waals surface area (Å²) in [6, 6.07) is 4.45. The van der Waals surface area contributed by atoms with Gasteiger partial charge in [-0.15, -0.1) is 11.3 Å². The summed E-state index contributed by atoms with van der Waals surface area (Å²) in [5.41, 5.74) is 0. The van der Waals surface area contributed by atoms with Crippen molar-refractivity contribution >= 4 is 11.3 Å². The van der Waals surface area contributed by atoms with E-state index < -0.39 is 0 Å². The molecule has 2 heteroatoms. The Morgan fingerprint density at radius 3 is 3.08 bits per heavy atom. The number of ether oxygens (including phenoxy) is 1. The van der Waals surface area contributed by atoms with Gasteiger partial charge in [0.2, 0.25) is 0 Å². The van der Waals surface area contributed by atoms with Gasteiger partial charge >= 0.3 is 0 Å². The molecule has 0 spiro atoms. The fraction of sp³-hybridized carbons (Fsp3) is 0.600. The van der Waals surface area contributed by atoms with Crippen LogP contribution in [-0.2, 0) is 11.2 Å². The summed E-state index contributed by atoms with van der Waals surface area (Å²) in [4.78, 5) is 2.89. The molecule has 1 aromatic rings. The quantitative estimate of drug-likeness (QED) is 0.682. The van der Waals surface area contributed by atoms with Gasteiger partial charge < -0.3 is 4.74 Å². The monoisotopic (exact) mass is 182 g/mol. The van der Waals surface area contributed by atoms with Crippen molar-refractivity contribution in [1.29, 1.82) is 0 Å². The molecule has 1 saturated heterocycles. The summed E-state index contributed by atoms with van der Waals surface area (Å²) in [5, 5.41) is 0. The van der Waals surface area contributed by atoms with E-state index in [-0.39, 0.29) is 0 Å². The van der Waals surface area contributed by atoms with Gasteiger partial charge in [-0.25, -0.2) is 0 Å². The first-order chi connectivity index (χ1) is 5.90. The molecule has 1 aliphatic heterocycles. The molecule has 1 unspecified atom stereocenters. The van der Waals surface area contributed by atoms with E-state index in [2.05, 4.69) is 19.1 Å². The zero-order valence-electron chi connectivity index (χ0n) is 7.38. The molecule has 0 amide bonds. The van der Waals surface area contributed by atoms with Crippen LogP contribution >= 0.6 is 11.3 Å². The van der Waals surface area contributed by atoms with Crippen molar-refractivity contribution in [3.63, 3.8) is 0 Å². The topological polar surface area (TPSA) is 9.23 Å². The molecule has 0 bridgehead atoms. The highest BCUT2D eigenvalue weighted by Gasteiger charge is 2.18. The molecular formula is C10H14OS. The molecule has 0 N–H and O–H groups in total. The third-order valence-corrected chi connectivity index (χ3v) is 3.60. The highest BCUT2D eigenvalue weighted by molar-refractivity contribution is 7.12. The van der Waals surface area contributed by atoms with E-state index in [1.54, 1.807) is 0 Å². The maximum absolute atomic E-state index is 5.61. The van der Waals surface area contributed by atoms with E-state index in [1.807, 2.05) is 11.3 Å². The first-order valence-electron chi connectivity index (χ1n) is 4.60. The molecule has 0 radical (unpaired) electrons. The molecule has 1 aromatic heterocycles. The molecule has 0 saturated carbocycles. The van der Waals surface area contributed by atoms with E-state index in [9.17, 15) is 0 Å². The van der Waals surface area contributed by atoms with Crippen LogP contribution in [0.3, 0.4) is 0 Å². The molecule has 2 heterocycles. The highest BCUT2D eigenvalue weighted by Crippen LogP contribution is 2.33. The average Bonchev–Trinajstić information content (AvgIpc) is 2.75. The normalized spacial score (nSPS) is 23.2. The third-order valence-electron chi connectivity index (χ3n) is 2.28. The molecule has 1 atom stereocenters. The van der Waals surface area contributed by atoms with Crippen LogP contribution in [0.25, 0.3) is 0 Å².